The Balaban J connectivity index is 1.67. The molecular formula is C21H16O2. The summed E-state index contributed by atoms with van der Waals surface area (Å²) >= 11 is 0. The molecule has 0 aliphatic heterocycles. The van der Waals surface area contributed by atoms with Gasteiger partial charge in [-0.3, -0.25) is 4.79 Å². The van der Waals surface area contributed by atoms with E-state index >= 15 is 0 Å². The number of benzene rings is 3. The van der Waals surface area contributed by atoms with Gasteiger partial charge in [0.05, 0.1) is 0 Å². The van der Waals surface area contributed by atoms with E-state index in [0.29, 0.717) is 12.2 Å². The highest BCUT2D eigenvalue weighted by atomic mass is 16.5. The Bertz CT molecular complexity index is 838. The van der Waals surface area contributed by atoms with Crippen LogP contribution in [0.4, 0.5) is 0 Å². The number of hydrogen-bond acceptors (Lipinski definition) is 2. The molecule has 4 rings (SSSR count). The first-order chi connectivity index (χ1) is 11.3. The smallest absolute Gasteiger partial charge is 0.164 e. The summed E-state index contributed by atoms with van der Waals surface area (Å²) < 4.78 is 5.84. The van der Waals surface area contributed by atoms with Crippen LogP contribution >= 0.6 is 0 Å². The van der Waals surface area contributed by atoms with Gasteiger partial charge in [0.25, 0.3) is 0 Å². The molecule has 3 aromatic rings. The van der Waals surface area contributed by atoms with Crippen LogP contribution in [-0.4, -0.2) is 5.78 Å². The average Bonchev–Trinajstić information content (AvgIpc) is 2.93. The third-order valence-electron chi connectivity index (χ3n) is 4.27. The van der Waals surface area contributed by atoms with Gasteiger partial charge in [0.15, 0.2) is 5.78 Å². The standard InChI is InChI=1S/C21H16O2/c22-21-14-19(15-7-3-1-4-8-15)18-12-11-17(13-20(18)21)23-16-9-5-2-6-10-16/h1-13,19H,14H2. The molecule has 0 saturated carbocycles. The molecule has 0 aromatic heterocycles. The molecule has 0 heterocycles. The Hall–Kier alpha value is -2.87. The molecule has 0 saturated heterocycles. The van der Waals surface area contributed by atoms with Crippen molar-refractivity contribution >= 4 is 5.78 Å². The minimum atomic E-state index is 0.157. The average molecular weight is 300 g/mol. The fourth-order valence-electron chi connectivity index (χ4n) is 3.16. The van der Waals surface area contributed by atoms with Crippen LogP contribution in [0.25, 0.3) is 0 Å². The number of ketones is 1. The third-order valence-corrected chi connectivity index (χ3v) is 4.27. The van der Waals surface area contributed by atoms with Crippen molar-refractivity contribution in [1.82, 2.24) is 0 Å². The van der Waals surface area contributed by atoms with Crippen LogP contribution in [0, 0.1) is 0 Å². The van der Waals surface area contributed by atoms with E-state index in [1.54, 1.807) is 0 Å². The van der Waals surface area contributed by atoms with Crippen LogP contribution in [-0.2, 0) is 0 Å². The van der Waals surface area contributed by atoms with Gasteiger partial charge in [0.1, 0.15) is 11.5 Å². The largest absolute Gasteiger partial charge is 0.457 e. The second-order valence-electron chi connectivity index (χ2n) is 5.75. The van der Waals surface area contributed by atoms with Crippen molar-refractivity contribution in [1.29, 1.82) is 0 Å². The van der Waals surface area contributed by atoms with E-state index in [1.807, 2.05) is 66.7 Å². The lowest BCUT2D eigenvalue weighted by atomic mass is 9.93. The van der Waals surface area contributed by atoms with Crippen LogP contribution in [0.1, 0.15) is 33.8 Å². The van der Waals surface area contributed by atoms with E-state index in [0.717, 1.165) is 16.9 Å². The number of fused-ring (bicyclic) bond motifs is 1. The highest BCUT2D eigenvalue weighted by Crippen LogP contribution is 2.39. The Morgan fingerprint density at radius 2 is 1.48 bits per heavy atom. The van der Waals surface area contributed by atoms with Crippen molar-refractivity contribution in [2.45, 2.75) is 12.3 Å². The number of carbonyl (C=O) groups excluding carboxylic acids is 1. The molecule has 2 nitrogen and oxygen atoms in total. The summed E-state index contributed by atoms with van der Waals surface area (Å²) in [5.74, 6) is 1.83. The Morgan fingerprint density at radius 1 is 0.783 bits per heavy atom. The van der Waals surface area contributed by atoms with Crippen molar-refractivity contribution in [2.24, 2.45) is 0 Å². The first-order valence-electron chi connectivity index (χ1n) is 7.76. The molecule has 0 spiro atoms. The molecule has 0 radical (unpaired) electrons. The van der Waals surface area contributed by atoms with Gasteiger partial charge in [0, 0.05) is 17.9 Å². The van der Waals surface area contributed by atoms with Crippen molar-refractivity contribution in [2.75, 3.05) is 0 Å². The first kappa shape index (κ1) is 13.8. The van der Waals surface area contributed by atoms with Crippen molar-refractivity contribution < 1.29 is 9.53 Å². The van der Waals surface area contributed by atoms with E-state index in [4.69, 9.17) is 4.74 Å². The van der Waals surface area contributed by atoms with Crippen LogP contribution in [0.3, 0.4) is 0 Å². The molecule has 1 aliphatic rings. The molecule has 3 aromatic carbocycles. The number of Topliss-reactive ketones (excluding diaryl/α,β-unsaturated/α-hetero) is 1. The zero-order valence-corrected chi connectivity index (χ0v) is 12.6. The van der Waals surface area contributed by atoms with Gasteiger partial charge in [-0.15, -0.1) is 0 Å². The molecule has 0 bridgehead atoms. The number of carbonyl (C=O) groups is 1. The summed E-state index contributed by atoms with van der Waals surface area (Å²) in [4.78, 5) is 12.4. The first-order valence-corrected chi connectivity index (χ1v) is 7.76. The van der Waals surface area contributed by atoms with Gasteiger partial charge in [-0.2, -0.15) is 0 Å². The van der Waals surface area contributed by atoms with Gasteiger partial charge in [-0.25, -0.2) is 0 Å². The van der Waals surface area contributed by atoms with Gasteiger partial charge >= 0.3 is 0 Å². The zero-order chi connectivity index (χ0) is 15.6. The third kappa shape index (κ3) is 2.64. The predicted molar refractivity (Wildman–Crippen MR) is 90.2 cm³/mol. The van der Waals surface area contributed by atoms with Gasteiger partial charge in [-0.05, 0) is 35.4 Å². The van der Waals surface area contributed by atoms with E-state index in [-0.39, 0.29) is 11.7 Å². The summed E-state index contributed by atoms with van der Waals surface area (Å²) in [6.07, 6.45) is 0.536. The SMILES string of the molecule is O=C1CC(c2ccccc2)c2ccc(Oc3ccccc3)cc21. The van der Waals surface area contributed by atoms with Gasteiger partial charge in [0.2, 0.25) is 0 Å². The summed E-state index contributed by atoms with van der Waals surface area (Å²) in [6.45, 7) is 0. The molecule has 1 unspecified atom stereocenters. The maximum absolute atomic E-state index is 12.4. The van der Waals surface area contributed by atoms with Crippen molar-refractivity contribution in [3.8, 4) is 11.5 Å². The van der Waals surface area contributed by atoms with Gasteiger partial charge < -0.3 is 4.74 Å². The molecule has 0 fully saturated rings. The Morgan fingerprint density at radius 3 is 2.22 bits per heavy atom. The lowest BCUT2D eigenvalue weighted by molar-refractivity contribution is 0.0991. The maximum atomic E-state index is 12.4. The second kappa shape index (κ2) is 5.73. The predicted octanol–water partition coefficient (Wildman–Crippen LogP) is 5.20. The minimum absolute atomic E-state index is 0.157. The van der Waals surface area contributed by atoms with E-state index in [9.17, 15) is 4.79 Å². The number of para-hydroxylation sites is 1. The molecule has 2 heteroatoms. The highest BCUT2D eigenvalue weighted by Gasteiger charge is 2.30. The highest BCUT2D eigenvalue weighted by molar-refractivity contribution is 6.02. The molecular weight excluding hydrogens is 284 g/mol. The zero-order valence-electron chi connectivity index (χ0n) is 12.6. The fraction of sp³-hybridized carbons (Fsp3) is 0.0952. The van der Waals surface area contributed by atoms with Crippen molar-refractivity contribution in [3.05, 3.63) is 95.6 Å². The summed E-state index contributed by atoms with van der Waals surface area (Å²) in [5.41, 5.74) is 3.07. The van der Waals surface area contributed by atoms with E-state index in [2.05, 4.69) is 12.1 Å². The quantitative estimate of drug-likeness (QED) is 0.664. The monoisotopic (exact) mass is 300 g/mol. The normalized spacial score (nSPS) is 16.2. The topological polar surface area (TPSA) is 26.3 Å². The molecule has 23 heavy (non-hydrogen) atoms. The fourth-order valence-corrected chi connectivity index (χ4v) is 3.16. The lowest BCUT2D eigenvalue weighted by Crippen LogP contribution is -1.96. The summed E-state index contributed by atoms with van der Waals surface area (Å²) in [5, 5.41) is 0. The summed E-state index contributed by atoms with van der Waals surface area (Å²) in [6, 6.07) is 25.7. The number of rotatable bonds is 3. The van der Waals surface area contributed by atoms with Crippen LogP contribution in [0.2, 0.25) is 0 Å². The lowest BCUT2D eigenvalue weighted by Gasteiger charge is -2.12. The van der Waals surface area contributed by atoms with Gasteiger partial charge in [-0.1, -0.05) is 54.6 Å². The van der Waals surface area contributed by atoms with Crippen LogP contribution < -0.4 is 4.74 Å². The maximum Gasteiger partial charge on any atom is 0.164 e. The second-order valence-corrected chi connectivity index (χ2v) is 5.75. The summed E-state index contributed by atoms with van der Waals surface area (Å²) in [7, 11) is 0. The molecule has 112 valence electrons. The molecule has 0 amide bonds. The molecule has 1 aliphatic carbocycles. The molecule has 1 atom stereocenters. The number of hydrogen-bond donors (Lipinski definition) is 0. The van der Waals surface area contributed by atoms with Crippen molar-refractivity contribution in [3.63, 3.8) is 0 Å². The molecule has 0 N–H and O–H groups in total. The Labute approximate surface area is 135 Å². The van der Waals surface area contributed by atoms with Crippen LogP contribution in [0.15, 0.2) is 78.9 Å². The number of ether oxygens (including phenoxy) is 1. The Kier molecular flexibility index (Phi) is 3.43. The van der Waals surface area contributed by atoms with E-state index < -0.39 is 0 Å². The minimum Gasteiger partial charge on any atom is -0.457 e. The van der Waals surface area contributed by atoms with E-state index in [1.165, 1.54) is 5.56 Å². The van der Waals surface area contributed by atoms with Crippen LogP contribution in [0.5, 0.6) is 11.5 Å².